The SMILES string of the molecule is C1#Cc2ccccc2-c2ccccc2C#Cc2ccccc2-c2ccccc2C#Cc2ccccc2-c2ccccc2C#Cc2ccccc2-c2ccccc2C#Cc2ccccc2-c2ccccc2C#Cc2ccccc2-c2ccccc21. The summed E-state index contributed by atoms with van der Waals surface area (Å²) in [6, 6.07) is 99.9. The van der Waals surface area contributed by atoms with Gasteiger partial charge in [0, 0.05) is 66.8 Å². The van der Waals surface area contributed by atoms with Crippen LogP contribution in [0.5, 0.6) is 0 Å². The van der Waals surface area contributed by atoms with Crippen LogP contribution >= 0.6 is 0 Å². The number of hydrogen-bond donors (Lipinski definition) is 0. The molecule has 0 N–H and O–H groups in total. The molecule has 0 saturated heterocycles. The Labute approximate surface area is 492 Å². The Bertz CT molecular complexity index is 3840. The third-order valence-corrected chi connectivity index (χ3v) is 14.9. The van der Waals surface area contributed by atoms with E-state index in [1.54, 1.807) is 0 Å². The molecule has 0 amide bonds. The van der Waals surface area contributed by atoms with E-state index in [1.807, 2.05) is 72.8 Å². The molecule has 0 aliphatic heterocycles. The van der Waals surface area contributed by atoms with Crippen LogP contribution in [-0.4, -0.2) is 0 Å². The van der Waals surface area contributed by atoms with E-state index in [1.165, 1.54) is 0 Å². The first-order chi connectivity index (χ1) is 41.7. The summed E-state index contributed by atoms with van der Waals surface area (Å²) in [4.78, 5) is 0. The quantitative estimate of drug-likeness (QED) is 0.133. The van der Waals surface area contributed by atoms with Gasteiger partial charge in [-0.25, -0.2) is 0 Å². The van der Waals surface area contributed by atoms with E-state index in [4.69, 9.17) is 0 Å². The molecule has 0 heterocycles. The average Bonchev–Trinajstić information content (AvgIpc) is 3.76. The van der Waals surface area contributed by atoms with E-state index in [-0.39, 0.29) is 0 Å². The van der Waals surface area contributed by atoms with Gasteiger partial charge >= 0.3 is 0 Å². The van der Waals surface area contributed by atoms with Crippen molar-refractivity contribution in [3.05, 3.63) is 358 Å². The average molecular weight is 1060 g/mol. The third-order valence-electron chi connectivity index (χ3n) is 14.9. The van der Waals surface area contributed by atoms with Crippen LogP contribution in [0.15, 0.2) is 291 Å². The van der Waals surface area contributed by atoms with Crippen LogP contribution in [0.25, 0.3) is 66.8 Å². The maximum Gasteiger partial charge on any atom is 0.0327 e. The lowest BCUT2D eigenvalue weighted by Gasteiger charge is -2.10. The van der Waals surface area contributed by atoms with Gasteiger partial charge in [-0.1, -0.05) is 289 Å². The number of benzene rings is 12. The zero-order valence-electron chi connectivity index (χ0n) is 45.7. The Kier molecular flexibility index (Phi) is 14.8. The highest BCUT2D eigenvalue weighted by Crippen LogP contribution is 2.34. The molecule has 0 nitrogen and oxygen atoms in total. The second kappa shape index (κ2) is 24.2. The van der Waals surface area contributed by atoms with Crippen LogP contribution in [0, 0.1) is 71.0 Å². The minimum Gasteiger partial charge on any atom is -0.0616 e. The van der Waals surface area contributed by atoms with Crippen LogP contribution in [0.1, 0.15) is 66.8 Å². The molecule has 0 radical (unpaired) electrons. The topological polar surface area (TPSA) is 0 Å². The van der Waals surface area contributed by atoms with E-state index in [0.717, 1.165) is 134 Å². The van der Waals surface area contributed by atoms with Crippen LogP contribution in [-0.2, 0) is 0 Å². The molecule has 0 heteroatoms. The van der Waals surface area contributed by atoms with Gasteiger partial charge in [0.05, 0.1) is 0 Å². The predicted octanol–water partition coefficient (Wildman–Crippen LogP) is 18.4. The van der Waals surface area contributed by atoms with E-state index in [2.05, 4.69) is 289 Å². The van der Waals surface area contributed by atoms with Crippen molar-refractivity contribution in [2.24, 2.45) is 0 Å². The fraction of sp³-hybridized carbons (Fsp3) is 0. The summed E-state index contributed by atoms with van der Waals surface area (Å²) in [6.45, 7) is 0. The first-order valence-electron chi connectivity index (χ1n) is 27.9. The maximum atomic E-state index is 3.60. The van der Waals surface area contributed by atoms with Crippen LogP contribution in [0.2, 0.25) is 0 Å². The van der Waals surface area contributed by atoms with E-state index >= 15 is 0 Å². The lowest BCUT2D eigenvalue weighted by atomic mass is 9.92. The molecule has 12 aromatic carbocycles. The number of fused-ring (bicyclic) bond motifs is 18. The van der Waals surface area contributed by atoms with Gasteiger partial charge in [-0.15, -0.1) is 0 Å². The summed E-state index contributed by atoms with van der Waals surface area (Å²) >= 11 is 0. The molecule has 0 aromatic heterocycles. The van der Waals surface area contributed by atoms with Gasteiger partial charge in [-0.2, -0.15) is 0 Å². The van der Waals surface area contributed by atoms with E-state index in [9.17, 15) is 0 Å². The molecule has 13 rings (SSSR count). The second-order valence-electron chi connectivity index (χ2n) is 20.0. The summed E-state index contributed by atoms with van der Waals surface area (Å²) < 4.78 is 0. The van der Waals surface area contributed by atoms with Crippen LogP contribution in [0.4, 0.5) is 0 Å². The lowest BCUT2D eigenvalue weighted by Crippen LogP contribution is -1.92. The Hall–Kier alpha value is -12.0. The van der Waals surface area contributed by atoms with Crippen molar-refractivity contribution in [3.8, 4) is 138 Å². The minimum absolute atomic E-state index is 0.903. The van der Waals surface area contributed by atoms with Gasteiger partial charge < -0.3 is 0 Å². The molecule has 1 aliphatic rings. The van der Waals surface area contributed by atoms with Gasteiger partial charge in [-0.3, -0.25) is 0 Å². The molecule has 384 valence electrons. The lowest BCUT2D eigenvalue weighted by molar-refractivity contribution is 1.53. The molecule has 0 saturated carbocycles. The van der Waals surface area contributed by atoms with Crippen molar-refractivity contribution < 1.29 is 0 Å². The Morgan fingerprint density at radius 3 is 0.250 bits per heavy atom. The predicted molar refractivity (Wildman–Crippen MR) is 347 cm³/mol. The molecule has 0 unspecified atom stereocenters. The number of rotatable bonds is 0. The fourth-order valence-electron chi connectivity index (χ4n) is 10.7. The summed E-state index contributed by atoms with van der Waals surface area (Å²) in [6.07, 6.45) is 0. The van der Waals surface area contributed by atoms with E-state index in [0.29, 0.717) is 0 Å². The normalized spacial score (nSPS) is 10.9. The van der Waals surface area contributed by atoms with Crippen molar-refractivity contribution in [1.82, 2.24) is 0 Å². The smallest absolute Gasteiger partial charge is 0.0327 e. The van der Waals surface area contributed by atoms with Crippen molar-refractivity contribution in [2.45, 2.75) is 0 Å². The zero-order chi connectivity index (χ0) is 56.3. The first kappa shape index (κ1) is 51.4. The largest absolute Gasteiger partial charge is 0.0616 e. The molecule has 0 bridgehead atoms. The van der Waals surface area contributed by atoms with Crippen molar-refractivity contribution in [2.75, 3.05) is 0 Å². The number of hydrogen-bond acceptors (Lipinski definition) is 0. The maximum absolute atomic E-state index is 3.60. The minimum atomic E-state index is 0.903. The Balaban J connectivity index is 0.979. The molecular weight excluding hydrogens is 1010 g/mol. The Morgan fingerprint density at radius 2 is 0.167 bits per heavy atom. The van der Waals surface area contributed by atoms with Gasteiger partial charge in [-0.05, 0) is 140 Å². The summed E-state index contributed by atoms with van der Waals surface area (Å²) in [5.41, 5.74) is 22.9. The summed E-state index contributed by atoms with van der Waals surface area (Å²) in [7, 11) is 0. The standard InChI is InChI=1S/C84H48/c1-13-37-73-61(25-1)49-50-62-26-3-15-39-75(62)76-40-16-4-29-65(76)53-54-66-30-7-19-43-79(66)80-44-20-8-33-69(80)57-58-70-34-11-23-47-83(70)84-48-24-12-36-72(84)60-59-71-35-10-22-46-82(71)81-45-21-9-32-68(81)56-55-67-31-6-18-42-78(67)77-41-17-5-28-64(77)52-51-63-27-2-14-38-74(63)73/h1-48H. The van der Waals surface area contributed by atoms with Crippen molar-refractivity contribution >= 4 is 0 Å². The highest BCUT2D eigenvalue weighted by Gasteiger charge is 2.15. The van der Waals surface area contributed by atoms with Gasteiger partial charge in [0.1, 0.15) is 0 Å². The molecule has 0 spiro atoms. The molecule has 0 atom stereocenters. The van der Waals surface area contributed by atoms with Crippen molar-refractivity contribution in [3.63, 3.8) is 0 Å². The molecule has 84 heavy (non-hydrogen) atoms. The highest BCUT2D eigenvalue weighted by molar-refractivity contribution is 5.85. The molecular formula is C84H48. The van der Waals surface area contributed by atoms with Gasteiger partial charge in [0.15, 0.2) is 0 Å². The Morgan fingerprint density at radius 1 is 0.0952 bits per heavy atom. The van der Waals surface area contributed by atoms with Crippen molar-refractivity contribution in [1.29, 1.82) is 0 Å². The third kappa shape index (κ3) is 11.0. The first-order valence-corrected chi connectivity index (χ1v) is 27.9. The summed E-state index contributed by atoms with van der Waals surface area (Å²) in [5, 5.41) is 0. The molecule has 1 aliphatic carbocycles. The van der Waals surface area contributed by atoms with Gasteiger partial charge in [0.2, 0.25) is 0 Å². The molecule has 0 fully saturated rings. The highest BCUT2D eigenvalue weighted by atomic mass is 14.2. The zero-order valence-corrected chi connectivity index (χ0v) is 45.7. The van der Waals surface area contributed by atoms with Crippen LogP contribution in [0.3, 0.4) is 0 Å². The monoisotopic (exact) mass is 1060 g/mol. The van der Waals surface area contributed by atoms with E-state index < -0.39 is 0 Å². The fourth-order valence-corrected chi connectivity index (χ4v) is 10.7. The van der Waals surface area contributed by atoms with Crippen LogP contribution < -0.4 is 0 Å². The van der Waals surface area contributed by atoms with Gasteiger partial charge in [0.25, 0.3) is 0 Å². The summed E-state index contributed by atoms with van der Waals surface area (Å²) in [5.74, 6) is 43.2. The molecule has 12 aromatic rings. The second-order valence-corrected chi connectivity index (χ2v) is 20.0.